The van der Waals surface area contributed by atoms with Crippen molar-refractivity contribution in [1.82, 2.24) is 10.2 Å². The number of imide groups is 1. The standard InChI is InChI=1S/C13H14ClN3O4/c1-17-12(19)8(6-15-13(17)20)11(18)16-9-5-7(14)3-4-10(9)21-2/h3-5,8H,6H2,1-2H3,(H,15,20)(H,16,18). The topological polar surface area (TPSA) is 87.7 Å². The molecule has 1 heterocycles. The molecule has 0 radical (unpaired) electrons. The lowest BCUT2D eigenvalue weighted by Crippen LogP contribution is -2.56. The van der Waals surface area contributed by atoms with Crippen molar-refractivity contribution in [2.45, 2.75) is 0 Å². The molecule has 1 fully saturated rings. The SMILES string of the molecule is COc1ccc(Cl)cc1NC(=O)C1CNC(=O)N(C)C1=O. The molecule has 8 heteroatoms. The van der Waals surface area contributed by atoms with Gasteiger partial charge in [0.25, 0.3) is 0 Å². The second-order valence-electron chi connectivity index (χ2n) is 4.47. The molecule has 0 spiro atoms. The Bertz CT molecular complexity index is 605. The van der Waals surface area contributed by atoms with Crippen molar-refractivity contribution in [2.24, 2.45) is 5.92 Å². The van der Waals surface area contributed by atoms with Gasteiger partial charge in [0.1, 0.15) is 11.7 Å². The molecule has 1 aromatic rings. The summed E-state index contributed by atoms with van der Waals surface area (Å²) in [6.45, 7) is -0.0449. The smallest absolute Gasteiger partial charge is 0.323 e. The molecule has 4 amide bonds. The van der Waals surface area contributed by atoms with Crippen LogP contribution in [0.25, 0.3) is 0 Å². The summed E-state index contributed by atoms with van der Waals surface area (Å²) in [5, 5.41) is 5.48. The first kappa shape index (κ1) is 15.1. The quantitative estimate of drug-likeness (QED) is 0.818. The van der Waals surface area contributed by atoms with E-state index in [0.29, 0.717) is 16.5 Å². The van der Waals surface area contributed by atoms with Crippen molar-refractivity contribution in [3.63, 3.8) is 0 Å². The van der Waals surface area contributed by atoms with Crippen LogP contribution >= 0.6 is 11.6 Å². The van der Waals surface area contributed by atoms with Gasteiger partial charge in [-0.25, -0.2) is 4.79 Å². The van der Waals surface area contributed by atoms with Gasteiger partial charge in [0.2, 0.25) is 11.8 Å². The number of carbonyl (C=O) groups is 3. The lowest BCUT2D eigenvalue weighted by Gasteiger charge is -2.27. The van der Waals surface area contributed by atoms with Gasteiger partial charge in [-0.15, -0.1) is 0 Å². The summed E-state index contributed by atoms with van der Waals surface area (Å²) in [5.41, 5.74) is 0.363. The molecule has 112 valence electrons. The van der Waals surface area contributed by atoms with E-state index >= 15 is 0 Å². The molecule has 0 saturated carbocycles. The average Bonchev–Trinajstić information content (AvgIpc) is 2.45. The number of hydrogen-bond acceptors (Lipinski definition) is 4. The van der Waals surface area contributed by atoms with Crippen molar-refractivity contribution in [1.29, 1.82) is 0 Å². The van der Waals surface area contributed by atoms with Gasteiger partial charge in [-0.05, 0) is 18.2 Å². The Morgan fingerprint density at radius 2 is 2.19 bits per heavy atom. The fourth-order valence-corrected chi connectivity index (χ4v) is 2.10. The van der Waals surface area contributed by atoms with Gasteiger partial charge in [-0.2, -0.15) is 0 Å². The average molecular weight is 312 g/mol. The summed E-state index contributed by atoms with van der Waals surface area (Å²) in [5.74, 6) is -1.66. The molecule has 1 atom stereocenters. The molecule has 0 bridgehead atoms. The van der Waals surface area contributed by atoms with E-state index in [2.05, 4.69) is 10.6 Å². The zero-order chi connectivity index (χ0) is 15.6. The van der Waals surface area contributed by atoms with E-state index in [1.807, 2.05) is 0 Å². The monoisotopic (exact) mass is 311 g/mol. The van der Waals surface area contributed by atoms with E-state index in [1.165, 1.54) is 20.2 Å². The van der Waals surface area contributed by atoms with Crippen LogP contribution in [0, 0.1) is 5.92 Å². The molecule has 1 saturated heterocycles. The van der Waals surface area contributed by atoms with Gasteiger partial charge in [0, 0.05) is 18.6 Å². The number of carbonyl (C=O) groups excluding carboxylic acids is 3. The molecular weight excluding hydrogens is 298 g/mol. The summed E-state index contributed by atoms with van der Waals surface area (Å²) >= 11 is 5.87. The highest BCUT2D eigenvalue weighted by atomic mass is 35.5. The van der Waals surface area contributed by atoms with Crippen LogP contribution in [0.2, 0.25) is 5.02 Å². The van der Waals surface area contributed by atoms with Crippen LogP contribution in [-0.2, 0) is 9.59 Å². The van der Waals surface area contributed by atoms with Crippen LogP contribution in [-0.4, -0.2) is 43.4 Å². The van der Waals surface area contributed by atoms with Gasteiger partial charge in [0.05, 0.1) is 12.8 Å². The molecule has 0 aromatic heterocycles. The van der Waals surface area contributed by atoms with E-state index in [0.717, 1.165) is 4.90 Å². The third-order valence-corrected chi connectivity index (χ3v) is 3.36. The number of halogens is 1. The van der Waals surface area contributed by atoms with Crippen LogP contribution in [0.4, 0.5) is 10.5 Å². The molecule has 0 aliphatic carbocycles. The summed E-state index contributed by atoms with van der Waals surface area (Å²) in [6, 6.07) is 4.22. The van der Waals surface area contributed by atoms with Crippen molar-refractivity contribution in [2.75, 3.05) is 26.0 Å². The number of methoxy groups -OCH3 is 1. The van der Waals surface area contributed by atoms with Gasteiger partial charge in [0.15, 0.2) is 0 Å². The Kier molecular flexibility index (Phi) is 4.32. The number of ether oxygens (including phenoxy) is 1. The third kappa shape index (κ3) is 3.08. The predicted molar refractivity (Wildman–Crippen MR) is 76.3 cm³/mol. The van der Waals surface area contributed by atoms with E-state index in [-0.39, 0.29) is 6.54 Å². The zero-order valence-corrected chi connectivity index (χ0v) is 12.2. The zero-order valence-electron chi connectivity index (χ0n) is 11.5. The minimum absolute atomic E-state index is 0.0449. The summed E-state index contributed by atoms with van der Waals surface area (Å²) < 4.78 is 5.12. The summed E-state index contributed by atoms with van der Waals surface area (Å²) in [4.78, 5) is 36.3. The Hall–Kier alpha value is -2.28. The van der Waals surface area contributed by atoms with Crippen molar-refractivity contribution in [3.05, 3.63) is 23.2 Å². The number of hydrogen-bond donors (Lipinski definition) is 2. The maximum absolute atomic E-state index is 12.2. The number of rotatable bonds is 3. The molecule has 1 unspecified atom stereocenters. The van der Waals surface area contributed by atoms with Crippen LogP contribution in [0.5, 0.6) is 5.75 Å². The first-order valence-electron chi connectivity index (χ1n) is 6.14. The molecule has 1 aromatic carbocycles. The van der Waals surface area contributed by atoms with Gasteiger partial charge >= 0.3 is 6.03 Å². The summed E-state index contributed by atoms with van der Waals surface area (Å²) in [6.07, 6.45) is 0. The van der Waals surface area contributed by atoms with Crippen molar-refractivity contribution >= 4 is 35.1 Å². The van der Waals surface area contributed by atoms with Gasteiger partial charge in [-0.3, -0.25) is 14.5 Å². The number of nitrogens with one attached hydrogen (secondary N) is 2. The Morgan fingerprint density at radius 1 is 1.48 bits per heavy atom. The fourth-order valence-electron chi connectivity index (χ4n) is 1.93. The van der Waals surface area contributed by atoms with Crippen LogP contribution in [0.15, 0.2) is 18.2 Å². The van der Waals surface area contributed by atoms with E-state index in [9.17, 15) is 14.4 Å². The minimum Gasteiger partial charge on any atom is -0.495 e. The molecule has 21 heavy (non-hydrogen) atoms. The second-order valence-corrected chi connectivity index (χ2v) is 4.91. The Labute approximate surface area is 126 Å². The molecule has 2 rings (SSSR count). The first-order valence-corrected chi connectivity index (χ1v) is 6.51. The van der Waals surface area contributed by atoms with E-state index < -0.39 is 23.8 Å². The molecule has 1 aliphatic heterocycles. The number of nitrogens with zero attached hydrogens (tertiary/aromatic N) is 1. The maximum Gasteiger partial charge on any atom is 0.323 e. The van der Waals surface area contributed by atoms with Gasteiger partial charge in [-0.1, -0.05) is 11.6 Å². The third-order valence-electron chi connectivity index (χ3n) is 3.13. The van der Waals surface area contributed by atoms with Crippen LogP contribution in [0.3, 0.4) is 0 Å². The Morgan fingerprint density at radius 3 is 2.86 bits per heavy atom. The van der Waals surface area contributed by atoms with Crippen LogP contribution in [0.1, 0.15) is 0 Å². The second kappa shape index (κ2) is 6.01. The maximum atomic E-state index is 12.2. The normalized spacial score (nSPS) is 18.2. The predicted octanol–water partition coefficient (Wildman–Crippen LogP) is 1.08. The molecule has 1 aliphatic rings. The number of benzene rings is 1. The van der Waals surface area contributed by atoms with E-state index in [1.54, 1.807) is 12.1 Å². The lowest BCUT2D eigenvalue weighted by molar-refractivity contribution is -0.138. The largest absolute Gasteiger partial charge is 0.495 e. The fraction of sp³-hybridized carbons (Fsp3) is 0.308. The van der Waals surface area contributed by atoms with Crippen LogP contribution < -0.4 is 15.4 Å². The highest BCUT2D eigenvalue weighted by molar-refractivity contribution is 6.31. The minimum atomic E-state index is -0.989. The molecule has 7 nitrogen and oxygen atoms in total. The lowest BCUT2D eigenvalue weighted by atomic mass is 10.1. The Balaban J connectivity index is 2.17. The number of amides is 4. The van der Waals surface area contributed by atoms with Crippen molar-refractivity contribution in [3.8, 4) is 5.75 Å². The first-order chi connectivity index (χ1) is 9.93. The number of urea groups is 1. The van der Waals surface area contributed by atoms with Crippen molar-refractivity contribution < 1.29 is 19.1 Å². The highest BCUT2D eigenvalue weighted by Crippen LogP contribution is 2.28. The highest BCUT2D eigenvalue weighted by Gasteiger charge is 2.36. The summed E-state index contributed by atoms with van der Waals surface area (Å²) in [7, 11) is 2.77. The molecule has 2 N–H and O–H groups in total. The van der Waals surface area contributed by atoms with Gasteiger partial charge < -0.3 is 15.4 Å². The van der Waals surface area contributed by atoms with E-state index in [4.69, 9.17) is 16.3 Å². The molecular formula is C13H14ClN3O4. The number of anilines is 1.